The number of nitrogens with one attached hydrogen (secondary N) is 1. The summed E-state index contributed by atoms with van der Waals surface area (Å²) in [5.74, 6) is -1.12. The van der Waals surface area contributed by atoms with E-state index in [1.807, 2.05) is 4.90 Å². The molecule has 0 saturated carbocycles. The maximum Gasteiger partial charge on any atom is 0.337 e. The molecule has 0 radical (unpaired) electrons. The first-order valence-electron chi connectivity index (χ1n) is 8.21. The Morgan fingerprint density at radius 2 is 2.04 bits per heavy atom. The summed E-state index contributed by atoms with van der Waals surface area (Å²) in [5.41, 5.74) is 0.606. The predicted molar refractivity (Wildman–Crippen MR) is 89.0 cm³/mol. The first-order valence-corrected chi connectivity index (χ1v) is 9.69. The molecule has 0 bridgehead atoms. The van der Waals surface area contributed by atoms with E-state index in [0.29, 0.717) is 12.3 Å². The van der Waals surface area contributed by atoms with Crippen molar-refractivity contribution in [3.63, 3.8) is 0 Å². The Morgan fingerprint density at radius 3 is 2.67 bits per heavy atom. The summed E-state index contributed by atoms with van der Waals surface area (Å²) in [6, 6.07) is 4.31. The van der Waals surface area contributed by atoms with Crippen molar-refractivity contribution in [2.24, 2.45) is 0 Å². The molecule has 3 rings (SSSR count). The largest absolute Gasteiger partial charge is 0.478 e. The lowest BCUT2D eigenvalue weighted by Gasteiger charge is -2.20. The molecule has 2 fully saturated rings. The first-order chi connectivity index (χ1) is 11.5. The Hall–Kier alpha value is -1.64. The SMILES string of the molecule is O=C(O)c1cc(S(=O)(=O)NCC2CCCO2)ccc1N1CCCC1. The van der Waals surface area contributed by atoms with Crippen molar-refractivity contribution in [1.82, 2.24) is 4.72 Å². The minimum atomic E-state index is -3.76. The Balaban J connectivity index is 1.81. The van der Waals surface area contributed by atoms with Crippen molar-refractivity contribution >= 4 is 21.7 Å². The summed E-state index contributed by atoms with van der Waals surface area (Å²) in [4.78, 5) is 13.5. The van der Waals surface area contributed by atoms with Crippen molar-refractivity contribution in [3.05, 3.63) is 23.8 Å². The van der Waals surface area contributed by atoms with Gasteiger partial charge < -0.3 is 14.7 Å². The van der Waals surface area contributed by atoms with Crippen LogP contribution < -0.4 is 9.62 Å². The van der Waals surface area contributed by atoms with Crippen molar-refractivity contribution in [2.45, 2.75) is 36.7 Å². The van der Waals surface area contributed by atoms with Crippen LogP contribution in [0.4, 0.5) is 5.69 Å². The van der Waals surface area contributed by atoms with Crippen LogP contribution in [0.1, 0.15) is 36.0 Å². The molecule has 132 valence electrons. The number of nitrogens with zero attached hydrogens (tertiary/aromatic N) is 1. The van der Waals surface area contributed by atoms with E-state index in [2.05, 4.69) is 4.72 Å². The lowest BCUT2D eigenvalue weighted by Crippen LogP contribution is -2.32. The third-order valence-corrected chi connectivity index (χ3v) is 5.90. The second kappa shape index (κ2) is 7.08. The van der Waals surface area contributed by atoms with E-state index in [1.54, 1.807) is 6.07 Å². The molecule has 0 aliphatic carbocycles. The van der Waals surface area contributed by atoms with Gasteiger partial charge in [-0.15, -0.1) is 0 Å². The standard InChI is InChI=1S/C16H22N2O5S/c19-16(20)14-10-13(5-6-15(14)18-7-1-2-8-18)24(21,22)17-11-12-4-3-9-23-12/h5-6,10,12,17H,1-4,7-9,11H2,(H,19,20). The lowest BCUT2D eigenvalue weighted by atomic mass is 10.1. The van der Waals surface area contributed by atoms with Crippen LogP contribution >= 0.6 is 0 Å². The maximum atomic E-state index is 12.4. The average Bonchev–Trinajstić information content (AvgIpc) is 3.26. The van der Waals surface area contributed by atoms with Crippen LogP contribution in [-0.4, -0.2) is 51.8 Å². The van der Waals surface area contributed by atoms with Gasteiger partial charge in [0.1, 0.15) is 0 Å². The molecule has 2 aliphatic rings. The minimum absolute atomic E-state index is 0.0249. The van der Waals surface area contributed by atoms with Crippen molar-refractivity contribution in [3.8, 4) is 0 Å². The molecule has 0 amide bonds. The average molecular weight is 354 g/mol. The number of hydrogen-bond donors (Lipinski definition) is 2. The van der Waals surface area contributed by atoms with Crippen LogP contribution in [0.2, 0.25) is 0 Å². The zero-order valence-electron chi connectivity index (χ0n) is 13.4. The summed E-state index contributed by atoms with van der Waals surface area (Å²) >= 11 is 0. The van der Waals surface area contributed by atoms with Crippen LogP contribution in [0.3, 0.4) is 0 Å². The normalized spacial score (nSPS) is 21.3. The second-order valence-electron chi connectivity index (χ2n) is 6.17. The van der Waals surface area contributed by atoms with Crippen molar-refractivity contribution in [2.75, 3.05) is 31.1 Å². The maximum absolute atomic E-state index is 12.4. The Kier molecular flexibility index (Phi) is 5.07. The van der Waals surface area contributed by atoms with Crippen LogP contribution in [0.15, 0.2) is 23.1 Å². The molecule has 1 aromatic rings. The fraction of sp³-hybridized carbons (Fsp3) is 0.562. The van der Waals surface area contributed by atoms with Crippen LogP contribution in [0.25, 0.3) is 0 Å². The number of anilines is 1. The molecule has 7 nitrogen and oxygen atoms in total. The van der Waals surface area contributed by atoms with E-state index in [0.717, 1.165) is 38.8 Å². The molecule has 2 aliphatic heterocycles. The number of benzene rings is 1. The topological polar surface area (TPSA) is 95.9 Å². The zero-order valence-corrected chi connectivity index (χ0v) is 14.2. The molecule has 8 heteroatoms. The molecule has 0 spiro atoms. The highest BCUT2D eigenvalue weighted by Gasteiger charge is 2.24. The number of ether oxygens (including phenoxy) is 1. The Bertz CT molecular complexity index is 707. The quantitative estimate of drug-likeness (QED) is 0.803. The number of aromatic carboxylic acids is 1. The van der Waals surface area contributed by atoms with Gasteiger partial charge in [-0.1, -0.05) is 0 Å². The van der Waals surface area contributed by atoms with Gasteiger partial charge in [-0.3, -0.25) is 0 Å². The van der Waals surface area contributed by atoms with E-state index in [-0.39, 0.29) is 23.1 Å². The fourth-order valence-electron chi connectivity index (χ4n) is 3.18. The minimum Gasteiger partial charge on any atom is -0.478 e. The second-order valence-corrected chi connectivity index (χ2v) is 7.93. The molecular formula is C16H22N2O5S. The molecule has 2 saturated heterocycles. The first kappa shape index (κ1) is 17.2. The van der Waals surface area contributed by atoms with E-state index in [4.69, 9.17) is 4.74 Å². The fourth-order valence-corrected chi connectivity index (χ4v) is 4.27. The highest BCUT2D eigenvalue weighted by molar-refractivity contribution is 7.89. The number of rotatable bonds is 6. The van der Waals surface area contributed by atoms with Gasteiger partial charge in [-0.2, -0.15) is 0 Å². The van der Waals surface area contributed by atoms with Gasteiger partial charge in [0, 0.05) is 26.2 Å². The molecule has 0 aromatic heterocycles. The van der Waals surface area contributed by atoms with E-state index in [1.165, 1.54) is 12.1 Å². The molecule has 2 N–H and O–H groups in total. The van der Waals surface area contributed by atoms with E-state index >= 15 is 0 Å². The highest BCUT2D eigenvalue weighted by Crippen LogP contribution is 2.27. The molecule has 2 heterocycles. The molecular weight excluding hydrogens is 332 g/mol. The van der Waals surface area contributed by atoms with Gasteiger partial charge in [0.2, 0.25) is 10.0 Å². The Morgan fingerprint density at radius 1 is 1.29 bits per heavy atom. The van der Waals surface area contributed by atoms with Gasteiger partial charge in [0.05, 0.1) is 22.3 Å². The van der Waals surface area contributed by atoms with Crippen LogP contribution in [0.5, 0.6) is 0 Å². The van der Waals surface area contributed by atoms with E-state index in [9.17, 15) is 18.3 Å². The summed E-state index contributed by atoms with van der Waals surface area (Å²) < 4.78 is 32.8. The number of sulfonamides is 1. The van der Waals surface area contributed by atoms with Crippen LogP contribution in [0, 0.1) is 0 Å². The summed E-state index contributed by atoms with van der Waals surface area (Å²) in [7, 11) is -3.76. The summed E-state index contributed by atoms with van der Waals surface area (Å²) in [6.07, 6.45) is 3.68. The van der Waals surface area contributed by atoms with Gasteiger partial charge in [-0.05, 0) is 43.9 Å². The smallest absolute Gasteiger partial charge is 0.337 e. The predicted octanol–water partition coefficient (Wildman–Crippen LogP) is 1.44. The number of carbonyl (C=O) groups is 1. The van der Waals surface area contributed by atoms with E-state index < -0.39 is 16.0 Å². The molecule has 24 heavy (non-hydrogen) atoms. The van der Waals surface area contributed by atoms with Crippen molar-refractivity contribution < 1.29 is 23.1 Å². The number of carboxylic acids is 1. The number of carboxylic acid groups (broad SMARTS) is 1. The van der Waals surface area contributed by atoms with Gasteiger partial charge in [0.15, 0.2) is 0 Å². The molecule has 1 aromatic carbocycles. The van der Waals surface area contributed by atoms with Gasteiger partial charge in [-0.25, -0.2) is 17.9 Å². The van der Waals surface area contributed by atoms with Crippen LogP contribution in [-0.2, 0) is 14.8 Å². The molecule has 1 unspecified atom stereocenters. The highest BCUT2D eigenvalue weighted by atomic mass is 32.2. The zero-order chi connectivity index (χ0) is 17.2. The number of hydrogen-bond acceptors (Lipinski definition) is 5. The third-order valence-electron chi connectivity index (χ3n) is 4.48. The lowest BCUT2D eigenvalue weighted by molar-refractivity contribution is 0.0697. The summed E-state index contributed by atoms with van der Waals surface area (Å²) in [6.45, 7) is 2.45. The third kappa shape index (κ3) is 3.71. The van der Waals surface area contributed by atoms with Crippen molar-refractivity contribution in [1.29, 1.82) is 0 Å². The van der Waals surface area contributed by atoms with Gasteiger partial charge >= 0.3 is 5.97 Å². The van der Waals surface area contributed by atoms with Gasteiger partial charge in [0.25, 0.3) is 0 Å². The Labute approximate surface area is 141 Å². The summed E-state index contributed by atoms with van der Waals surface area (Å²) in [5, 5.41) is 9.46. The molecule has 1 atom stereocenters. The monoisotopic (exact) mass is 354 g/mol.